The lowest BCUT2D eigenvalue weighted by atomic mass is 9.39. The largest absolute Gasteiger partial charge is 0.465 e. The molecule has 0 spiro atoms. The molecule has 2 atom stereocenters. The van der Waals surface area contributed by atoms with Crippen LogP contribution in [0.3, 0.4) is 0 Å². The van der Waals surface area contributed by atoms with Crippen molar-refractivity contribution in [1.29, 1.82) is 0 Å². The fraction of sp³-hybridized carbons (Fsp3) is 0.610. The maximum absolute atomic E-state index is 13.9. The number of benzene rings is 1. The Labute approximate surface area is 319 Å². The molecule has 4 saturated carbocycles. The Morgan fingerprint density at radius 2 is 1.65 bits per heavy atom. The number of ether oxygens (including phenoxy) is 3. The molecule has 0 radical (unpaired) electrons. The van der Waals surface area contributed by atoms with Crippen LogP contribution >= 0.6 is 0 Å². The van der Waals surface area contributed by atoms with Gasteiger partial charge >= 0.3 is 11.9 Å². The van der Waals surface area contributed by atoms with E-state index in [0.717, 1.165) is 73.6 Å². The number of hydrogen-bond acceptors (Lipinski definition) is 11. The highest BCUT2D eigenvalue weighted by atomic mass is 32.2. The number of fused-ring (bicyclic) bond motifs is 1. The number of esters is 2. The number of pyridine rings is 1. The predicted molar refractivity (Wildman–Crippen MR) is 204 cm³/mol. The van der Waals surface area contributed by atoms with E-state index in [2.05, 4.69) is 23.4 Å². The Bertz CT molecular complexity index is 2070. The molecule has 54 heavy (non-hydrogen) atoms. The van der Waals surface area contributed by atoms with E-state index in [1.54, 1.807) is 6.07 Å². The second-order valence-corrected chi connectivity index (χ2v) is 19.9. The van der Waals surface area contributed by atoms with Gasteiger partial charge in [-0.1, -0.05) is 26.0 Å². The summed E-state index contributed by atoms with van der Waals surface area (Å²) in [6.07, 6.45) is 9.64. The van der Waals surface area contributed by atoms with Crippen molar-refractivity contribution in [2.75, 3.05) is 38.0 Å². The quantitative estimate of drug-likeness (QED) is 0.118. The average molecular weight is 763 g/mol. The molecular weight excluding hydrogens is 709 g/mol. The highest BCUT2D eigenvalue weighted by Crippen LogP contribution is 2.72. The second-order valence-electron chi connectivity index (χ2n) is 18.2. The number of hydrogen-bond donors (Lipinski definition) is 0. The first-order valence-electron chi connectivity index (χ1n) is 18.9. The first-order valence-corrected chi connectivity index (χ1v) is 20.7. The van der Waals surface area contributed by atoms with Gasteiger partial charge in [-0.2, -0.15) is 13.5 Å². The molecule has 1 aliphatic heterocycles. The van der Waals surface area contributed by atoms with Crippen molar-refractivity contribution >= 4 is 27.9 Å². The number of anilines is 1. The summed E-state index contributed by atoms with van der Waals surface area (Å²) in [5.41, 5.74) is 4.22. The number of carbonyl (C=O) groups excluding carboxylic acids is 2. The lowest BCUT2D eigenvalue weighted by Gasteiger charge is -2.69. The minimum Gasteiger partial charge on any atom is -0.465 e. The zero-order chi connectivity index (χ0) is 38.9. The zero-order valence-corrected chi connectivity index (χ0v) is 33.7. The molecule has 12 nitrogen and oxygen atoms in total. The van der Waals surface area contributed by atoms with Gasteiger partial charge in [0.25, 0.3) is 10.1 Å². The van der Waals surface area contributed by atoms with Crippen molar-refractivity contribution in [2.24, 2.45) is 16.2 Å². The average Bonchev–Trinajstić information content (AvgIpc) is 3.41. The Morgan fingerprint density at radius 3 is 2.31 bits per heavy atom. The molecule has 3 aromatic rings. The van der Waals surface area contributed by atoms with Gasteiger partial charge < -0.3 is 19.1 Å². The first kappa shape index (κ1) is 38.5. The Hall–Kier alpha value is -3.81. The van der Waals surface area contributed by atoms with Gasteiger partial charge in [-0.05, 0) is 118 Å². The van der Waals surface area contributed by atoms with Gasteiger partial charge in [0.15, 0.2) is 5.69 Å². The molecule has 4 bridgehead atoms. The number of aromatic nitrogens is 3. The molecule has 4 aliphatic carbocycles. The van der Waals surface area contributed by atoms with E-state index in [-0.39, 0.29) is 46.7 Å². The van der Waals surface area contributed by atoms with Crippen molar-refractivity contribution in [2.45, 2.75) is 111 Å². The van der Waals surface area contributed by atoms with E-state index >= 15 is 0 Å². The van der Waals surface area contributed by atoms with Crippen molar-refractivity contribution in [3.8, 4) is 11.1 Å². The van der Waals surface area contributed by atoms with Crippen LogP contribution in [0.25, 0.3) is 11.1 Å². The maximum Gasteiger partial charge on any atom is 0.358 e. The van der Waals surface area contributed by atoms with Crippen molar-refractivity contribution in [1.82, 2.24) is 14.8 Å². The first-order chi connectivity index (χ1) is 25.2. The number of carbonyl (C=O) groups is 2. The molecule has 2 aromatic heterocycles. The predicted octanol–water partition coefficient (Wildman–Crippen LogP) is 6.67. The molecule has 0 saturated heterocycles. The van der Waals surface area contributed by atoms with Gasteiger partial charge in [0.2, 0.25) is 0 Å². The molecule has 0 N–H and O–H groups in total. The third-order valence-electron chi connectivity index (χ3n) is 11.8. The zero-order valence-electron chi connectivity index (χ0n) is 32.9. The lowest BCUT2D eigenvalue weighted by Crippen LogP contribution is -2.64. The highest BCUT2D eigenvalue weighted by molar-refractivity contribution is 7.85. The smallest absolute Gasteiger partial charge is 0.358 e. The molecule has 3 heterocycles. The van der Waals surface area contributed by atoms with E-state index in [1.165, 1.54) is 7.11 Å². The van der Waals surface area contributed by atoms with Crippen LogP contribution in [-0.2, 0) is 48.0 Å². The van der Waals surface area contributed by atoms with Crippen LogP contribution < -0.4 is 4.90 Å². The van der Waals surface area contributed by atoms with Crippen LogP contribution in [0, 0.1) is 23.2 Å². The Kier molecular flexibility index (Phi) is 9.57. The number of rotatable bonds is 11. The molecule has 2 unspecified atom stereocenters. The molecule has 5 aliphatic rings. The summed E-state index contributed by atoms with van der Waals surface area (Å²) in [5, 5.41) is 4.94. The van der Waals surface area contributed by atoms with Crippen LogP contribution in [0.2, 0.25) is 0 Å². The Balaban J connectivity index is 1.19. The van der Waals surface area contributed by atoms with Crippen molar-refractivity contribution < 1.29 is 36.4 Å². The molecule has 4 fully saturated rings. The monoisotopic (exact) mass is 762 g/mol. The summed E-state index contributed by atoms with van der Waals surface area (Å²) >= 11 is 0. The molecule has 292 valence electrons. The van der Waals surface area contributed by atoms with E-state index in [9.17, 15) is 18.0 Å². The summed E-state index contributed by atoms with van der Waals surface area (Å²) in [6.45, 7) is 14.4. The lowest BCUT2D eigenvalue weighted by molar-refractivity contribution is -0.249. The van der Waals surface area contributed by atoms with Crippen LogP contribution in [0.5, 0.6) is 0 Å². The molecule has 8 rings (SSSR count). The Morgan fingerprint density at radius 1 is 0.926 bits per heavy atom. The van der Waals surface area contributed by atoms with Gasteiger partial charge in [-0.15, -0.1) is 0 Å². The van der Waals surface area contributed by atoms with E-state index in [4.69, 9.17) is 28.5 Å². The molecule has 0 amide bonds. The van der Waals surface area contributed by atoms with E-state index < -0.39 is 21.7 Å². The van der Waals surface area contributed by atoms with Crippen LogP contribution in [0.1, 0.15) is 111 Å². The summed E-state index contributed by atoms with van der Waals surface area (Å²) < 4.78 is 47.9. The minimum atomic E-state index is -3.54. The summed E-state index contributed by atoms with van der Waals surface area (Å²) in [5.74, 6) is -0.269. The van der Waals surface area contributed by atoms with Crippen LogP contribution in [0.4, 0.5) is 5.82 Å². The van der Waals surface area contributed by atoms with Crippen LogP contribution in [0.15, 0.2) is 36.5 Å². The van der Waals surface area contributed by atoms with Gasteiger partial charge in [0.1, 0.15) is 11.4 Å². The van der Waals surface area contributed by atoms with Gasteiger partial charge in [0, 0.05) is 36.5 Å². The third kappa shape index (κ3) is 7.68. The fourth-order valence-electron chi connectivity index (χ4n) is 11.2. The summed E-state index contributed by atoms with van der Waals surface area (Å²) in [6, 6.07) is 9.57. The minimum absolute atomic E-state index is 0.00895. The standard InChI is InChI=1S/C41H54N4O8S/c1-27-31(18-42-45(27)26-40-21-38(5)20-39(6,22-40)24-41(23-38,25-40)51-16-17-52-54(8,48)49)29-12-13-33(43-34(29)36(47)53-37(2,3)4)44-15-14-28-10-9-11-30(32(28)19-44)35(46)50-7/h9-13,18H,14-17,19-26H2,1-8H3. The summed E-state index contributed by atoms with van der Waals surface area (Å²) in [4.78, 5) is 33.6. The molecule has 1 aromatic carbocycles. The van der Waals surface area contributed by atoms with Gasteiger partial charge in [0.05, 0.1) is 43.9 Å². The SMILES string of the molecule is COC(=O)c1cccc2c1CN(c1ccc(-c3cnn(CC45CC6(C)CC(C)(C4)CC(OCCOS(C)(=O)=O)(C6)C5)c3C)c(C(=O)OC(C)(C)C)n1)CC2. The van der Waals surface area contributed by atoms with E-state index in [0.29, 0.717) is 36.6 Å². The van der Waals surface area contributed by atoms with E-state index in [1.807, 2.05) is 58.2 Å². The summed E-state index contributed by atoms with van der Waals surface area (Å²) in [7, 11) is -2.15. The highest BCUT2D eigenvalue weighted by Gasteiger charge is 2.66. The van der Waals surface area contributed by atoms with Crippen molar-refractivity contribution in [3.05, 3.63) is 64.6 Å². The van der Waals surface area contributed by atoms with Crippen molar-refractivity contribution in [3.63, 3.8) is 0 Å². The van der Waals surface area contributed by atoms with Gasteiger partial charge in [-0.25, -0.2) is 14.6 Å². The molecule has 13 heteroatoms. The van der Waals surface area contributed by atoms with Crippen LogP contribution in [-0.4, -0.2) is 79.4 Å². The fourth-order valence-corrected chi connectivity index (χ4v) is 11.6. The number of methoxy groups -OCH3 is 1. The topological polar surface area (TPSA) is 139 Å². The third-order valence-corrected chi connectivity index (χ3v) is 12.4. The normalized spacial score (nSPS) is 27.5. The molecular formula is C41H54N4O8S. The second kappa shape index (κ2) is 13.4. The van der Waals surface area contributed by atoms with Gasteiger partial charge in [-0.3, -0.25) is 8.86 Å². The number of nitrogens with zero attached hydrogens (tertiary/aromatic N) is 4. The maximum atomic E-state index is 13.9.